The summed E-state index contributed by atoms with van der Waals surface area (Å²) in [5.41, 5.74) is 1.48. The van der Waals surface area contributed by atoms with Crippen LogP contribution in [0.15, 0.2) is 28.7 Å². The number of nitrogens with one attached hydrogen (secondary N) is 2. The molecule has 2 aliphatic carbocycles. The third-order valence-corrected chi connectivity index (χ3v) is 6.60. The van der Waals surface area contributed by atoms with E-state index in [2.05, 4.69) is 50.8 Å². The van der Waals surface area contributed by atoms with Crippen LogP contribution in [-0.2, 0) is 10.3 Å². The molecule has 1 heterocycles. The van der Waals surface area contributed by atoms with Gasteiger partial charge in [-0.2, -0.15) is 0 Å². The van der Waals surface area contributed by atoms with Crippen molar-refractivity contribution in [2.75, 3.05) is 13.1 Å². The zero-order valence-corrected chi connectivity index (χ0v) is 14.4. The van der Waals surface area contributed by atoms with Crippen LogP contribution in [0.25, 0.3) is 0 Å². The first-order valence-corrected chi connectivity index (χ1v) is 9.22. The van der Waals surface area contributed by atoms with Crippen molar-refractivity contribution in [1.82, 2.24) is 10.6 Å². The number of carbonyl (C=O) groups excluding carboxylic acids is 1. The lowest BCUT2D eigenvalue weighted by Gasteiger charge is -2.43. The average molecular weight is 363 g/mol. The molecule has 4 rings (SSSR count). The summed E-state index contributed by atoms with van der Waals surface area (Å²) in [6.07, 6.45) is 6.77. The van der Waals surface area contributed by atoms with Crippen LogP contribution in [0.1, 0.15) is 44.1 Å². The van der Waals surface area contributed by atoms with Gasteiger partial charge in [0.25, 0.3) is 0 Å². The van der Waals surface area contributed by atoms with Gasteiger partial charge in [0.05, 0.1) is 5.54 Å². The second-order valence-electron chi connectivity index (χ2n) is 7.30. The first kappa shape index (κ1) is 14.7. The molecule has 1 unspecified atom stereocenters. The van der Waals surface area contributed by atoms with E-state index in [-0.39, 0.29) is 11.5 Å². The van der Waals surface area contributed by atoms with Crippen molar-refractivity contribution < 1.29 is 4.79 Å². The number of rotatable bonds is 3. The van der Waals surface area contributed by atoms with E-state index in [9.17, 15) is 4.79 Å². The van der Waals surface area contributed by atoms with Gasteiger partial charge in [0, 0.05) is 10.4 Å². The van der Waals surface area contributed by atoms with E-state index in [0.29, 0.717) is 11.3 Å². The van der Waals surface area contributed by atoms with Crippen LogP contribution < -0.4 is 10.6 Å². The van der Waals surface area contributed by atoms with Gasteiger partial charge in [-0.1, -0.05) is 28.1 Å². The summed E-state index contributed by atoms with van der Waals surface area (Å²) in [6, 6.07) is 8.45. The molecule has 1 atom stereocenters. The highest BCUT2D eigenvalue weighted by Gasteiger charge is 2.58. The molecule has 2 saturated carbocycles. The number of hydrogen-bond donors (Lipinski definition) is 2. The maximum atomic E-state index is 12.8. The minimum absolute atomic E-state index is 0.103. The van der Waals surface area contributed by atoms with Crippen molar-refractivity contribution >= 4 is 21.8 Å². The Balaban J connectivity index is 1.47. The van der Waals surface area contributed by atoms with Gasteiger partial charge in [0.2, 0.25) is 5.91 Å². The molecule has 0 radical (unpaired) electrons. The molecule has 1 amide bonds. The number of hydrogen-bond acceptors (Lipinski definition) is 2. The molecule has 1 aromatic rings. The number of halogens is 1. The second-order valence-corrected chi connectivity index (χ2v) is 8.22. The monoisotopic (exact) mass is 362 g/mol. The minimum atomic E-state index is -0.103. The summed E-state index contributed by atoms with van der Waals surface area (Å²) in [5.74, 6) is 0.548. The number of amides is 1. The fraction of sp³-hybridized carbons (Fsp3) is 0.611. The molecule has 0 aromatic heterocycles. The Morgan fingerprint density at radius 3 is 2.41 bits per heavy atom. The third-order valence-electron chi connectivity index (χ3n) is 6.07. The van der Waals surface area contributed by atoms with E-state index < -0.39 is 0 Å². The molecule has 118 valence electrons. The van der Waals surface area contributed by atoms with Gasteiger partial charge in [-0.3, -0.25) is 4.79 Å². The molecular formula is C18H23BrN2O. The molecule has 22 heavy (non-hydrogen) atoms. The van der Waals surface area contributed by atoms with Crippen molar-refractivity contribution in [2.24, 2.45) is 11.3 Å². The van der Waals surface area contributed by atoms with Crippen LogP contribution in [0.4, 0.5) is 0 Å². The SMILES string of the molecule is O=C(NC1(c2ccc(Br)cc2)CCC1)C1CC12CCNCC2. The highest BCUT2D eigenvalue weighted by molar-refractivity contribution is 9.10. The lowest BCUT2D eigenvalue weighted by atomic mass is 9.71. The van der Waals surface area contributed by atoms with E-state index >= 15 is 0 Å². The molecule has 3 nitrogen and oxygen atoms in total. The molecule has 1 saturated heterocycles. The number of piperidine rings is 1. The summed E-state index contributed by atoms with van der Waals surface area (Å²) in [6.45, 7) is 2.14. The standard InChI is InChI=1S/C18H23BrN2O/c19-14-4-2-13(3-5-14)18(6-1-7-18)21-16(22)15-12-17(15)8-10-20-11-9-17/h2-5,15,20H,1,6-12H2,(H,21,22). The van der Waals surface area contributed by atoms with Crippen LogP contribution in [-0.4, -0.2) is 19.0 Å². The smallest absolute Gasteiger partial charge is 0.224 e. The van der Waals surface area contributed by atoms with E-state index in [1.807, 2.05) is 0 Å². The Labute approximate surface area is 140 Å². The number of carbonyl (C=O) groups is 1. The normalized spacial score (nSPS) is 28.0. The highest BCUT2D eigenvalue weighted by atomic mass is 79.9. The van der Waals surface area contributed by atoms with Gasteiger partial charge in [-0.15, -0.1) is 0 Å². The van der Waals surface area contributed by atoms with Crippen molar-refractivity contribution in [3.8, 4) is 0 Å². The minimum Gasteiger partial charge on any atom is -0.346 e. The molecule has 1 aromatic carbocycles. The van der Waals surface area contributed by atoms with Crippen LogP contribution in [0.2, 0.25) is 0 Å². The summed E-state index contributed by atoms with van der Waals surface area (Å²) < 4.78 is 1.09. The fourth-order valence-electron chi connectivity index (χ4n) is 4.30. The molecule has 1 spiro atoms. The van der Waals surface area contributed by atoms with Crippen molar-refractivity contribution in [3.63, 3.8) is 0 Å². The van der Waals surface area contributed by atoms with Crippen LogP contribution in [0, 0.1) is 11.3 Å². The predicted octanol–water partition coefficient (Wildman–Crippen LogP) is 3.33. The van der Waals surface area contributed by atoms with Gasteiger partial charge in [-0.05, 0) is 74.7 Å². The van der Waals surface area contributed by atoms with Crippen molar-refractivity contribution in [1.29, 1.82) is 0 Å². The Kier molecular flexibility index (Phi) is 3.57. The van der Waals surface area contributed by atoms with Gasteiger partial charge in [-0.25, -0.2) is 0 Å². The van der Waals surface area contributed by atoms with E-state index in [4.69, 9.17) is 0 Å². The topological polar surface area (TPSA) is 41.1 Å². The van der Waals surface area contributed by atoms with Gasteiger partial charge < -0.3 is 10.6 Å². The molecular weight excluding hydrogens is 340 g/mol. The molecule has 3 aliphatic rings. The van der Waals surface area contributed by atoms with Gasteiger partial charge >= 0.3 is 0 Å². The first-order chi connectivity index (χ1) is 10.6. The molecule has 2 N–H and O–H groups in total. The lowest BCUT2D eigenvalue weighted by molar-refractivity contribution is -0.126. The van der Waals surface area contributed by atoms with E-state index in [1.165, 1.54) is 12.0 Å². The summed E-state index contributed by atoms with van der Waals surface area (Å²) >= 11 is 3.49. The average Bonchev–Trinajstić information content (AvgIpc) is 3.18. The largest absolute Gasteiger partial charge is 0.346 e. The Bertz CT molecular complexity index is 573. The lowest BCUT2D eigenvalue weighted by Crippen LogP contribution is -2.51. The highest BCUT2D eigenvalue weighted by Crippen LogP contribution is 2.59. The zero-order valence-electron chi connectivity index (χ0n) is 12.8. The Hall–Kier alpha value is -0.870. The molecule has 3 fully saturated rings. The van der Waals surface area contributed by atoms with Gasteiger partial charge in [0.15, 0.2) is 0 Å². The van der Waals surface area contributed by atoms with Crippen LogP contribution >= 0.6 is 15.9 Å². The van der Waals surface area contributed by atoms with Crippen molar-refractivity contribution in [2.45, 2.75) is 44.1 Å². The number of benzene rings is 1. The summed E-state index contributed by atoms with van der Waals surface area (Å²) in [7, 11) is 0. The fourth-order valence-corrected chi connectivity index (χ4v) is 4.57. The van der Waals surface area contributed by atoms with Crippen molar-refractivity contribution in [3.05, 3.63) is 34.3 Å². The quantitative estimate of drug-likeness (QED) is 0.865. The van der Waals surface area contributed by atoms with E-state index in [1.54, 1.807) is 0 Å². The first-order valence-electron chi connectivity index (χ1n) is 8.42. The molecule has 4 heteroatoms. The Morgan fingerprint density at radius 2 is 1.82 bits per heavy atom. The Morgan fingerprint density at radius 1 is 1.14 bits per heavy atom. The van der Waals surface area contributed by atoms with Crippen LogP contribution in [0.5, 0.6) is 0 Å². The van der Waals surface area contributed by atoms with Gasteiger partial charge in [0.1, 0.15) is 0 Å². The third kappa shape index (κ3) is 2.41. The molecule has 1 aliphatic heterocycles. The summed E-state index contributed by atoms with van der Waals surface area (Å²) in [5, 5.41) is 6.83. The zero-order chi connectivity index (χ0) is 15.2. The van der Waals surface area contributed by atoms with Crippen LogP contribution in [0.3, 0.4) is 0 Å². The maximum absolute atomic E-state index is 12.8. The maximum Gasteiger partial charge on any atom is 0.224 e. The van der Waals surface area contributed by atoms with E-state index in [0.717, 1.165) is 49.7 Å². The molecule has 0 bridgehead atoms. The second kappa shape index (κ2) is 5.34. The summed E-state index contributed by atoms with van der Waals surface area (Å²) in [4.78, 5) is 12.8. The predicted molar refractivity (Wildman–Crippen MR) is 90.5 cm³/mol.